The molecule has 1 aromatic carbocycles. The van der Waals surface area contributed by atoms with Gasteiger partial charge in [-0.05, 0) is 12.1 Å². The average Bonchev–Trinajstić information content (AvgIpc) is 3.09. The number of nitrogens with zero attached hydrogens (tertiary/aromatic N) is 6. The fraction of sp³-hybridized carbons (Fsp3) is 0.278. The molecular formula is C18H21N7. The Morgan fingerprint density at radius 2 is 1.80 bits per heavy atom. The number of piperazine rings is 1. The number of rotatable bonds is 4. The molecule has 1 fully saturated rings. The zero-order valence-corrected chi connectivity index (χ0v) is 14.0. The van der Waals surface area contributed by atoms with E-state index in [0.29, 0.717) is 11.3 Å². The van der Waals surface area contributed by atoms with Crippen LogP contribution in [0.5, 0.6) is 0 Å². The Kier molecular flexibility index (Phi) is 4.07. The molecule has 3 aromatic rings. The predicted octanol–water partition coefficient (Wildman–Crippen LogP) is 1.92. The number of fused-ring (bicyclic) bond motifs is 1. The predicted molar refractivity (Wildman–Crippen MR) is 99.2 cm³/mol. The molecule has 3 heterocycles. The molecule has 4 rings (SSSR count). The van der Waals surface area contributed by atoms with E-state index in [9.17, 15) is 0 Å². The van der Waals surface area contributed by atoms with Crippen molar-refractivity contribution in [2.45, 2.75) is 6.17 Å². The Hall–Kier alpha value is -2.93. The monoisotopic (exact) mass is 335 g/mol. The number of hydrogen-bond acceptors (Lipinski definition) is 6. The average molecular weight is 335 g/mol. The summed E-state index contributed by atoms with van der Waals surface area (Å²) in [5.74, 6) is 0.403. The molecule has 0 radical (unpaired) electrons. The second-order valence-electron chi connectivity index (χ2n) is 6.09. The number of nitrogens with two attached hydrogens (primary N) is 1. The van der Waals surface area contributed by atoms with Crippen LogP contribution in [0.1, 0.15) is 6.17 Å². The lowest BCUT2D eigenvalue weighted by Crippen LogP contribution is -2.48. The van der Waals surface area contributed by atoms with Crippen molar-refractivity contribution >= 4 is 22.7 Å². The van der Waals surface area contributed by atoms with Gasteiger partial charge in [0.2, 0.25) is 0 Å². The van der Waals surface area contributed by atoms with E-state index in [1.165, 1.54) is 12.0 Å². The van der Waals surface area contributed by atoms with Crippen LogP contribution in [0.2, 0.25) is 0 Å². The van der Waals surface area contributed by atoms with Crippen LogP contribution >= 0.6 is 0 Å². The molecule has 0 bridgehead atoms. The highest BCUT2D eigenvalue weighted by molar-refractivity contribution is 5.81. The molecule has 0 spiro atoms. The van der Waals surface area contributed by atoms with Crippen molar-refractivity contribution in [1.29, 1.82) is 0 Å². The minimum atomic E-state index is -0.00257. The highest BCUT2D eigenvalue weighted by Crippen LogP contribution is 2.24. The summed E-state index contributed by atoms with van der Waals surface area (Å²) < 4.78 is 2.01. The molecule has 1 unspecified atom stereocenters. The maximum Gasteiger partial charge on any atom is 0.167 e. The molecular weight excluding hydrogens is 314 g/mol. The summed E-state index contributed by atoms with van der Waals surface area (Å²) in [7, 11) is 0. The maximum atomic E-state index is 5.90. The minimum Gasteiger partial charge on any atom is -0.382 e. The van der Waals surface area contributed by atoms with Crippen LogP contribution in [0.4, 0.5) is 11.5 Å². The Bertz CT molecular complexity index is 866. The smallest absolute Gasteiger partial charge is 0.167 e. The highest BCUT2D eigenvalue weighted by Gasteiger charge is 2.25. The number of nitrogen functional groups attached to an aromatic ring is 1. The zero-order valence-electron chi connectivity index (χ0n) is 14.0. The molecule has 0 saturated carbocycles. The van der Waals surface area contributed by atoms with E-state index in [2.05, 4.69) is 55.6 Å². The zero-order chi connectivity index (χ0) is 17.2. The Labute approximate surface area is 146 Å². The third-order valence-corrected chi connectivity index (χ3v) is 4.69. The van der Waals surface area contributed by atoms with Gasteiger partial charge in [-0.3, -0.25) is 9.47 Å². The molecule has 1 aliphatic rings. The van der Waals surface area contributed by atoms with Gasteiger partial charge in [-0.1, -0.05) is 30.9 Å². The second kappa shape index (κ2) is 6.52. The Morgan fingerprint density at radius 1 is 1.04 bits per heavy atom. The summed E-state index contributed by atoms with van der Waals surface area (Å²) in [5.41, 5.74) is 8.54. The standard InChI is InChI=1S/C18H21N7/c1-2-15(25-13-22-16-17(19)20-12-21-18(16)25)24-10-8-23(9-11-24)14-6-4-3-5-7-14/h2-7,12-13,15H,1,8-11H2,(H2,19,20,21). The summed E-state index contributed by atoms with van der Waals surface area (Å²) in [6.07, 6.45) is 5.17. The van der Waals surface area contributed by atoms with Gasteiger partial charge in [0.25, 0.3) is 0 Å². The largest absolute Gasteiger partial charge is 0.382 e. The van der Waals surface area contributed by atoms with E-state index in [1.54, 1.807) is 6.33 Å². The van der Waals surface area contributed by atoms with E-state index in [0.717, 1.165) is 31.8 Å². The van der Waals surface area contributed by atoms with Crippen LogP contribution in [-0.4, -0.2) is 50.6 Å². The molecule has 128 valence electrons. The third-order valence-electron chi connectivity index (χ3n) is 4.69. The summed E-state index contributed by atoms with van der Waals surface area (Å²) in [6, 6.07) is 10.5. The first kappa shape index (κ1) is 15.6. The molecule has 1 atom stereocenters. The van der Waals surface area contributed by atoms with Crippen molar-refractivity contribution in [2.24, 2.45) is 0 Å². The van der Waals surface area contributed by atoms with Crippen molar-refractivity contribution in [3.05, 3.63) is 55.6 Å². The van der Waals surface area contributed by atoms with Crippen molar-refractivity contribution in [3.8, 4) is 0 Å². The topological polar surface area (TPSA) is 76.1 Å². The quantitative estimate of drug-likeness (QED) is 0.734. The second-order valence-corrected chi connectivity index (χ2v) is 6.09. The van der Waals surface area contributed by atoms with Crippen LogP contribution in [0, 0.1) is 0 Å². The van der Waals surface area contributed by atoms with Gasteiger partial charge in [0.1, 0.15) is 18.0 Å². The SMILES string of the molecule is C=CC(N1CCN(c2ccccc2)CC1)n1cnc2c(N)ncnc21. The molecule has 0 amide bonds. The molecule has 0 aliphatic carbocycles. The number of aromatic nitrogens is 4. The van der Waals surface area contributed by atoms with Crippen LogP contribution in [0.15, 0.2) is 55.6 Å². The van der Waals surface area contributed by atoms with Gasteiger partial charge in [-0.2, -0.15) is 0 Å². The summed E-state index contributed by atoms with van der Waals surface area (Å²) in [5, 5.41) is 0. The minimum absolute atomic E-state index is 0.00257. The number of hydrogen-bond donors (Lipinski definition) is 1. The number of para-hydroxylation sites is 1. The van der Waals surface area contributed by atoms with Gasteiger partial charge < -0.3 is 10.6 Å². The maximum absolute atomic E-state index is 5.90. The van der Waals surface area contributed by atoms with Crippen LogP contribution < -0.4 is 10.6 Å². The molecule has 2 N–H and O–H groups in total. The van der Waals surface area contributed by atoms with Crippen molar-refractivity contribution in [3.63, 3.8) is 0 Å². The molecule has 7 heteroatoms. The first-order chi connectivity index (χ1) is 12.3. The number of imidazole rings is 1. The van der Waals surface area contributed by atoms with Crippen LogP contribution in [0.25, 0.3) is 11.2 Å². The molecule has 25 heavy (non-hydrogen) atoms. The lowest BCUT2D eigenvalue weighted by molar-refractivity contribution is 0.170. The van der Waals surface area contributed by atoms with Gasteiger partial charge in [0.05, 0.1) is 6.33 Å². The first-order valence-corrected chi connectivity index (χ1v) is 8.37. The summed E-state index contributed by atoms with van der Waals surface area (Å²) in [4.78, 5) is 17.5. The Balaban J connectivity index is 1.54. The Morgan fingerprint density at radius 3 is 2.52 bits per heavy atom. The van der Waals surface area contributed by atoms with E-state index in [4.69, 9.17) is 5.73 Å². The number of anilines is 2. The molecule has 1 saturated heterocycles. The van der Waals surface area contributed by atoms with E-state index < -0.39 is 0 Å². The van der Waals surface area contributed by atoms with Gasteiger partial charge in [-0.25, -0.2) is 15.0 Å². The lowest BCUT2D eigenvalue weighted by Gasteiger charge is -2.39. The molecule has 1 aliphatic heterocycles. The van der Waals surface area contributed by atoms with E-state index >= 15 is 0 Å². The van der Waals surface area contributed by atoms with E-state index in [-0.39, 0.29) is 6.17 Å². The fourth-order valence-electron chi connectivity index (χ4n) is 3.39. The van der Waals surface area contributed by atoms with E-state index in [1.807, 2.05) is 16.7 Å². The van der Waals surface area contributed by atoms with Crippen LogP contribution in [0.3, 0.4) is 0 Å². The van der Waals surface area contributed by atoms with Gasteiger partial charge in [-0.15, -0.1) is 0 Å². The van der Waals surface area contributed by atoms with Gasteiger partial charge in [0, 0.05) is 31.9 Å². The highest BCUT2D eigenvalue weighted by atomic mass is 15.4. The summed E-state index contributed by atoms with van der Waals surface area (Å²) in [6.45, 7) is 7.83. The lowest BCUT2D eigenvalue weighted by atomic mass is 10.2. The number of benzene rings is 1. The first-order valence-electron chi connectivity index (χ1n) is 8.37. The third kappa shape index (κ3) is 2.83. The normalized spacial score (nSPS) is 16.9. The van der Waals surface area contributed by atoms with Crippen molar-refractivity contribution in [1.82, 2.24) is 24.4 Å². The van der Waals surface area contributed by atoms with Crippen molar-refractivity contribution < 1.29 is 0 Å². The van der Waals surface area contributed by atoms with Crippen molar-refractivity contribution in [2.75, 3.05) is 36.8 Å². The van der Waals surface area contributed by atoms with Crippen LogP contribution in [-0.2, 0) is 0 Å². The van der Waals surface area contributed by atoms with Gasteiger partial charge >= 0.3 is 0 Å². The fourth-order valence-corrected chi connectivity index (χ4v) is 3.39. The van der Waals surface area contributed by atoms with Gasteiger partial charge in [0.15, 0.2) is 11.5 Å². The molecule has 2 aromatic heterocycles. The summed E-state index contributed by atoms with van der Waals surface area (Å²) >= 11 is 0. The molecule has 7 nitrogen and oxygen atoms in total.